The van der Waals surface area contributed by atoms with Gasteiger partial charge < -0.3 is 15.2 Å². The van der Waals surface area contributed by atoms with E-state index in [0.717, 1.165) is 0 Å². The number of aromatic nitrogens is 1. The number of nitrogens with one attached hydrogen (secondary N) is 1. The average molecular weight is 297 g/mol. The van der Waals surface area contributed by atoms with Crippen LogP contribution in [0.1, 0.15) is 10.5 Å². The molecular formula is C13H10ClFN2O3. The Balaban J connectivity index is 2.30. The number of ether oxygens (including phenoxy) is 1. The lowest BCUT2D eigenvalue weighted by Gasteiger charge is -2.09. The molecule has 0 bridgehead atoms. The van der Waals surface area contributed by atoms with Gasteiger partial charge in [-0.05, 0) is 24.3 Å². The van der Waals surface area contributed by atoms with Gasteiger partial charge >= 0.3 is 5.97 Å². The van der Waals surface area contributed by atoms with Gasteiger partial charge in [0.1, 0.15) is 5.82 Å². The lowest BCUT2D eigenvalue weighted by Crippen LogP contribution is -2.04. The molecule has 0 amide bonds. The molecule has 1 heterocycles. The fourth-order valence-electron chi connectivity index (χ4n) is 1.55. The highest BCUT2D eigenvalue weighted by Crippen LogP contribution is 2.25. The number of aromatic carboxylic acids is 1. The van der Waals surface area contributed by atoms with E-state index >= 15 is 0 Å². The number of hydrogen-bond acceptors (Lipinski definition) is 4. The summed E-state index contributed by atoms with van der Waals surface area (Å²) in [5.74, 6) is -1.37. The fourth-order valence-corrected chi connectivity index (χ4v) is 1.73. The zero-order valence-corrected chi connectivity index (χ0v) is 11.1. The molecule has 0 radical (unpaired) electrons. The standard InChI is InChI=1S/C13H10ClFN2O3/c1-20-10-6-7(2-4-9(10)15)16-11-5-3-8(14)12(17-11)13(18)19/h2-6H,1H3,(H,16,17)(H,18,19). The number of hydrogen-bond donors (Lipinski definition) is 2. The summed E-state index contributed by atoms with van der Waals surface area (Å²) in [6.45, 7) is 0. The van der Waals surface area contributed by atoms with E-state index in [4.69, 9.17) is 21.4 Å². The molecule has 0 atom stereocenters. The third kappa shape index (κ3) is 2.97. The van der Waals surface area contributed by atoms with E-state index in [-0.39, 0.29) is 22.3 Å². The maximum atomic E-state index is 13.3. The topological polar surface area (TPSA) is 71.5 Å². The molecule has 5 nitrogen and oxygen atoms in total. The number of rotatable bonds is 4. The van der Waals surface area contributed by atoms with Gasteiger partial charge in [-0.15, -0.1) is 0 Å². The van der Waals surface area contributed by atoms with Crippen molar-refractivity contribution in [3.8, 4) is 5.75 Å². The Morgan fingerprint density at radius 1 is 1.40 bits per heavy atom. The Kier molecular flexibility index (Phi) is 4.05. The van der Waals surface area contributed by atoms with Gasteiger partial charge in [-0.25, -0.2) is 14.2 Å². The zero-order chi connectivity index (χ0) is 14.7. The van der Waals surface area contributed by atoms with Crippen molar-refractivity contribution in [2.24, 2.45) is 0 Å². The van der Waals surface area contributed by atoms with Crippen LogP contribution in [0.15, 0.2) is 30.3 Å². The van der Waals surface area contributed by atoms with Crippen molar-refractivity contribution in [3.05, 3.63) is 46.9 Å². The maximum absolute atomic E-state index is 13.3. The number of carboxylic acid groups (broad SMARTS) is 1. The molecule has 0 aliphatic rings. The van der Waals surface area contributed by atoms with Crippen molar-refractivity contribution in [2.75, 3.05) is 12.4 Å². The lowest BCUT2D eigenvalue weighted by atomic mass is 10.2. The van der Waals surface area contributed by atoms with E-state index in [1.54, 1.807) is 0 Å². The summed E-state index contributed by atoms with van der Waals surface area (Å²) in [4.78, 5) is 14.8. The van der Waals surface area contributed by atoms with E-state index < -0.39 is 11.8 Å². The monoisotopic (exact) mass is 296 g/mol. The number of carbonyl (C=O) groups is 1. The molecular weight excluding hydrogens is 287 g/mol. The largest absolute Gasteiger partial charge is 0.494 e. The van der Waals surface area contributed by atoms with Gasteiger partial charge in [0.05, 0.1) is 12.1 Å². The molecule has 1 aromatic carbocycles. The van der Waals surface area contributed by atoms with Crippen LogP contribution in [-0.4, -0.2) is 23.2 Å². The highest BCUT2D eigenvalue weighted by atomic mass is 35.5. The lowest BCUT2D eigenvalue weighted by molar-refractivity contribution is 0.0691. The summed E-state index contributed by atoms with van der Waals surface area (Å²) in [6, 6.07) is 7.08. The first kappa shape index (κ1) is 14.1. The van der Waals surface area contributed by atoms with Crippen LogP contribution in [-0.2, 0) is 0 Å². The molecule has 0 unspecified atom stereocenters. The van der Waals surface area contributed by atoms with Crippen molar-refractivity contribution in [2.45, 2.75) is 0 Å². The predicted octanol–water partition coefficient (Wildman–Crippen LogP) is 3.32. The number of nitrogens with zero attached hydrogens (tertiary/aromatic N) is 1. The third-order valence-electron chi connectivity index (χ3n) is 2.47. The molecule has 0 saturated carbocycles. The van der Waals surface area contributed by atoms with Gasteiger partial charge in [0.25, 0.3) is 0 Å². The summed E-state index contributed by atoms with van der Waals surface area (Å²) in [7, 11) is 1.35. The quantitative estimate of drug-likeness (QED) is 0.905. The van der Waals surface area contributed by atoms with E-state index in [1.807, 2.05) is 0 Å². The first-order valence-electron chi connectivity index (χ1n) is 5.51. The Morgan fingerprint density at radius 2 is 2.15 bits per heavy atom. The van der Waals surface area contributed by atoms with Crippen LogP contribution in [0.5, 0.6) is 5.75 Å². The molecule has 0 spiro atoms. The minimum absolute atomic E-state index is 0.0414. The fraction of sp³-hybridized carbons (Fsp3) is 0.0769. The number of methoxy groups -OCH3 is 1. The molecule has 7 heteroatoms. The molecule has 2 N–H and O–H groups in total. The first-order valence-corrected chi connectivity index (χ1v) is 5.89. The average Bonchev–Trinajstić information content (AvgIpc) is 2.42. The SMILES string of the molecule is COc1cc(Nc2ccc(Cl)c(C(=O)O)n2)ccc1F. The minimum Gasteiger partial charge on any atom is -0.494 e. The van der Waals surface area contributed by atoms with Crippen LogP contribution in [0.4, 0.5) is 15.9 Å². The van der Waals surface area contributed by atoms with E-state index in [1.165, 1.54) is 37.4 Å². The number of halogens is 2. The second-order valence-electron chi connectivity index (χ2n) is 3.81. The van der Waals surface area contributed by atoms with E-state index in [9.17, 15) is 9.18 Å². The summed E-state index contributed by atoms with van der Waals surface area (Å²) in [5, 5.41) is 11.8. The van der Waals surface area contributed by atoms with Crippen LogP contribution < -0.4 is 10.1 Å². The number of benzene rings is 1. The van der Waals surface area contributed by atoms with Crippen molar-refractivity contribution < 1.29 is 19.0 Å². The predicted molar refractivity (Wildman–Crippen MR) is 72.4 cm³/mol. The molecule has 0 aliphatic heterocycles. The molecule has 104 valence electrons. The minimum atomic E-state index is -1.23. The second kappa shape index (κ2) is 5.75. The van der Waals surface area contributed by atoms with Crippen LogP contribution in [0, 0.1) is 5.82 Å². The normalized spacial score (nSPS) is 10.2. The Hall–Kier alpha value is -2.34. The van der Waals surface area contributed by atoms with E-state index in [0.29, 0.717) is 5.69 Å². The highest BCUT2D eigenvalue weighted by molar-refractivity contribution is 6.33. The second-order valence-corrected chi connectivity index (χ2v) is 4.21. The van der Waals surface area contributed by atoms with Gasteiger partial charge in [-0.3, -0.25) is 0 Å². The summed E-state index contributed by atoms with van der Waals surface area (Å²) in [6.07, 6.45) is 0. The van der Waals surface area contributed by atoms with Gasteiger partial charge in [-0.1, -0.05) is 11.6 Å². The van der Waals surface area contributed by atoms with Crippen LogP contribution in [0.25, 0.3) is 0 Å². The third-order valence-corrected chi connectivity index (χ3v) is 2.78. The van der Waals surface area contributed by atoms with Gasteiger partial charge in [-0.2, -0.15) is 0 Å². The van der Waals surface area contributed by atoms with Gasteiger partial charge in [0.15, 0.2) is 17.3 Å². The highest BCUT2D eigenvalue weighted by Gasteiger charge is 2.12. The summed E-state index contributed by atoms with van der Waals surface area (Å²) >= 11 is 5.72. The summed E-state index contributed by atoms with van der Waals surface area (Å²) in [5.41, 5.74) is 0.250. The number of carboxylic acids is 1. The smallest absolute Gasteiger partial charge is 0.356 e. The van der Waals surface area contributed by atoms with Crippen LogP contribution in [0.3, 0.4) is 0 Å². The van der Waals surface area contributed by atoms with Crippen molar-refractivity contribution in [1.82, 2.24) is 4.98 Å². The Labute approximate surface area is 119 Å². The van der Waals surface area contributed by atoms with Crippen molar-refractivity contribution >= 4 is 29.1 Å². The van der Waals surface area contributed by atoms with Crippen LogP contribution >= 0.6 is 11.6 Å². The molecule has 1 aromatic heterocycles. The molecule has 0 saturated heterocycles. The van der Waals surface area contributed by atoms with Gasteiger partial charge in [0.2, 0.25) is 0 Å². The van der Waals surface area contributed by atoms with Crippen LogP contribution in [0.2, 0.25) is 5.02 Å². The maximum Gasteiger partial charge on any atom is 0.356 e. The number of anilines is 2. The molecule has 2 rings (SSSR count). The Bertz CT molecular complexity index is 664. The summed E-state index contributed by atoms with van der Waals surface area (Å²) < 4.78 is 18.1. The van der Waals surface area contributed by atoms with E-state index in [2.05, 4.69) is 10.3 Å². The van der Waals surface area contributed by atoms with Crippen molar-refractivity contribution in [1.29, 1.82) is 0 Å². The molecule has 0 aliphatic carbocycles. The van der Waals surface area contributed by atoms with Gasteiger partial charge in [0, 0.05) is 11.8 Å². The first-order chi connectivity index (χ1) is 9.51. The Morgan fingerprint density at radius 3 is 2.80 bits per heavy atom. The van der Waals surface area contributed by atoms with Crippen molar-refractivity contribution in [3.63, 3.8) is 0 Å². The molecule has 2 aromatic rings. The zero-order valence-electron chi connectivity index (χ0n) is 10.4. The number of pyridine rings is 1. The molecule has 0 fully saturated rings. The molecule has 20 heavy (non-hydrogen) atoms.